The number of hydrogen-bond acceptors (Lipinski definition) is 3. The van der Waals surface area contributed by atoms with Crippen LogP contribution in [0.5, 0.6) is 5.75 Å². The van der Waals surface area contributed by atoms with Gasteiger partial charge in [0.25, 0.3) is 0 Å². The van der Waals surface area contributed by atoms with Gasteiger partial charge in [0.05, 0.1) is 24.5 Å². The average Bonchev–Trinajstić information content (AvgIpc) is 2.35. The molecule has 0 heterocycles. The zero-order chi connectivity index (χ0) is 13.6. The van der Waals surface area contributed by atoms with Gasteiger partial charge in [0.2, 0.25) is 10.0 Å². The van der Waals surface area contributed by atoms with Crippen molar-refractivity contribution in [3.05, 3.63) is 29.8 Å². The van der Waals surface area contributed by atoms with Crippen LogP contribution >= 0.6 is 0 Å². The van der Waals surface area contributed by atoms with Gasteiger partial charge in [-0.2, -0.15) is 0 Å². The van der Waals surface area contributed by atoms with E-state index < -0.39 is 15.3 Å². The summed E-state index contributed by atoms with van der Waals surface area (Å²) in [6.07, 6.45) is 0. The van der Waals surface area contributed by atoms with Crippen molar-refractivity contribution < 1.29 is 13.2 Å². The van der Waals surface area contributed by atoms with Crippen LogP contribution in [0.15, 0.2) is 24.3 Å². The summed E-state index contributed by atoms with van der Waals surface area (Å²) in [6.45, 7) is 3.34. The predicted molar refractivity (Wildman–Crippen MR) is 71.9 cm³/mol. The van der Waals surface area contributed by atoms with Gasteiger partial charge in [-0.25, -0.2) is 13.1 Å². The topological polar surface area (TPSA) is 55.4 Å². The van der Waals surface area contributed by atoms with Crippen LogP contribution in [0.1, 0.15) is 19.4 Å². The molecule has 1 aromatic rings. The molecule has 0 saturated carbocycles. The van der Waals surface area contributed by atoms with Crippen LogP contribution in [0.3, 0.4) is 0 Å². The summed E-state index contributed by atoms with van der Waals surface area (Å²) in [4.78, 5) is 0. The third kappa shape index (κ3) is 4.06. The monoisotopic (exact) mass is 267 g/mol. The number of para-hydroxylation sites is 1. The van der Waals surface area contributed by atoms with E-state index in [9.17, 15) is 8.42 Å². The Morgan fingerprint density at radius 3 is 2.61 bits per heavy atom. The van der Waals surface area contributed by atoms with E-state index in [0.717, 1.165) is 5.56 Å². The smallest absolute Gasteiger partial charge is 0.214 e. The lowest BCUT2D eigenvalue weighted by Crippen LogP contribution is -2.30. The highest BCUT2D eigenvalue weighted by atomic mass is 32.2. The molecule has 18 heavy (non-hydrogen) atoms. The summed E-state index contributed by atoms with van der Waals surface area (Å²) < 4.78 is 30.5. The van der Waals surface area contributed by atoms with Crippen molar-refractivity contribution in [3.63, 3.8) is 0 Å². The summed E-state index contributed by atoms with van der Waals surface area (Å²) >= 11 is 0. The molecule has 0 spiro atoms. The van der Waals surface area contributed by atoms with Crippen LogP contribution < -0.4 is 9.46 Å². The summed E-state index contributed by atoms with van der Waals surface area (Å²) in [5.41, 5.74) is 0.740. The number of hydrogen-bond donors (Lipinski definition) is 1. The molecule has 1 aromatic carbocycles. The molecule has 0 aromatic heterocycles. The van der Waals surface area contributed by atoms with Crippen molar-refractivity contribution in [3.8, 4) is 17.6 Å². The highest BCUT2D eigenvalue weighted by Crippen LogP contribution is 2.15. The van der Waals surface area contributed by atoms with E-state index >= 15 is 0 Å². The van der Waals surface area contributed by atoms with Gasteiger partial charge in [0.1, 0.15) is 5.75 Å². The molecular formula is C13H17NO3S. The van der Waals surface area contributed by atoms with E-state index in [2.05, 4.69) is 16.6 Å². The van der Waals surface area contributed by atoms with Crippen molar-refractivity contribution in [2.75, 3.05) is 13.7 Å². The van der Waals surface area contributed by atoms with Crippen molar-refractivity contribution in [2.24, 2.45) is 0 Å². The van der Waals surface area contributed by atoms with E-state index in [1.807, 2.05) is 24.3 Å². The molecule has 0 bridgehead atoms. The lowest BCUT2D eigenvalue weighted by atomic mass is 10.2. The fraction of sp³-hybridized carbons (Fsp3) is 0.385. The van der Waals surface area contributed by atoms with Crippen LogP contribution in [0.4, 0.5) is 0 Å². The summed E-state index contributed by atoms with van der Waals surface area (Å²) in [7, 11) is -1.68. The van der Waals surface area contributed by atoms with E-state index in [0.29, 0.717) is 5.75 Å². The van der Waals surface area contributed by atoms with E-state index in [1.54, 1.807) is 21.0 Å². The molecule has 0 aliphatic heterocycles. The molecule has 0 radical (unpaired) electrons. The quantitative estimate of drug-likeness (QED) is 0.838. The van der Waals surface area contributed by atoms with Gasteiger partial charge in [-0.3, -0.25) is 0 Å². The molecule has 1 rings (SSSR count). The lowest BCUT2D eigenvalue weighted by molar-refractivity contribution is 0.413. The molecule has 0 atom stereocenters. The highest BCUT2D eigenvalue weighted by Gasteiger charge is 2.13. The first kappa shape index (κ1) is 14.6. The van der Waals surface area contributed by atoms with Gasteiger partial charge in [-0.1, -0.05) is 24.0 Å². The number of sulfonamides is 1. The van der Waals surface area contributed by atoms with Gasteiger partial charge in [-0.05, 0) is 26.0 Å². The van der Waals surface area contributed by atoms with E-state index in [4.69, 9.17) is 4.74 Å². The maximum atomic E-state index is 11.5. The Morgan fingerprint density at radius 2 is 2.00 bits per heavy atom. The summed E-state index contributed by atoms with van der Waals surface area (Å²) in [6, 6.07) is 7.33. The summed E-state index contributed by atoms with van der Waals surface area (Å²) in [5.74, 6) is 6.32. The van der Waals surface area contributed by atoms with Crippen molar-refractivity contribution in [1.82, 2.24) is 4.72 Å². The van der Waals surface area contributed by atoms with Crippen LogP contribution in [0, 0.1) is 11.8 Å². The minimum Gasteiger partial charge on any atom is -0.495 e. The van der Waals surface area contributed by atoms with Crippen molar-refractivity contribution in [1.29, 1.82) is 0 Å². The van der Waals surface area contributed by atoms with Crippen LogP contribution in [0.25, 0.3) is 0 Å². The first-order chi connectivity index (χ1) is 8.47. The molecule has 0 unspecified atom stereocenters. The predicted octanol–water partition coefficient (Wildman–Crippen LogP) is 1.37. The van der Waals surface area contributed by atoms with Crippen molar-refractivity contribution in [2.45, 2.75) is 19.1 Å². The number of ether oxygens (including phenoxy) is 1. The van der Waals surface area contributed by atoms with Crippen molar-refractivity contribution >= 4 is 10.0 Å². The fourth-order valence-electron chi connectivity index (χ4n) is 1.19. The first-order valence-electron chi connectivity index (χ1n) is 5.57. The molecular weight excluding hydrogens is 250 g/mol. The molecule has 98 valence electrons. The minimum absolute atomic E-state index is 0.0958. The van der Waals surface area contributed by atoms with Gasteiger partial charge in [0.15, 0.2) is 0 Å². The molecule has 4 nitrogen and oxygen atoms in total. The Bertz CT molecular complexity index is 553. The zero-order valence-electron chi connectivity index (χ0n) is 10.7. The Labute approximate surface area is 108 Å². The molecule has 0 amide bonds. The zero-order valence-corrected chi connectivity index (χ0v) is 11.5. The Balaban J connectivity index is 2.68. The minimum atomic E-state index is -3.25. The first-order valence-corrected chi connectivity index (χ1v) is 7.12. The molecule has 0 aliphatic carbocycles. The maximum absolute atomic E-state index is 11.5. The number of nitrogens with one attached hydrogen (secondary N) is 1. The Morgan fingerprint density at radius 1 is 1.33 bits per heavy atom. The number of rotatable bonds is 4. The van der Waals surface area contributed by atoms with Crippen LogP contribution in [0.2, 0.25) is 0 Å². The third-order valence-corrected chi connectivity index (χ3v) is 4.10. The molecule has 5 heteroatoms. The summed E-state index contributed by atoms with van der Waals surface area (Å²) in [5, 5.41) is -0.453. The van der Waals surface area contributed by atoms with Crippen LogP contribution in [-0.4, -0.2) is 27.3 Å². The van der Waals surface area contributed by atoms with Crippen LogP contribution in [-0.2, 0) is 10.0 Å². The largest absolute Gasteiger partial charge is 0.495 e. The Hall–Kier alpha value is -1.51. The highest BCUT2D eigenvalue weighted by molar-refractivity contribution is 7.90. The second kappa shape index (κ2) is 6.43. The number of benzene rings is 1. The molecule has 1 N–H and O–H groups in total. The van der Waals surface area contributed by atoms with Gasteiger partial charge in [-0.15, -0.1) is 0 Å². The SMILES string of the molecule is COc1ccccc1C#CCNS(=O)(=O)C(C)C. The second-order valence-electron chi connectivity index (χ2n) is 3.92. The van der Waals surface area contributed by atoms with E-state index in [1.165, 1.54) is 0 Å². The number of methoxy groups -OCH3 is 1. The molecule has 0 aliphatic rings. The fourth-order valence-corrected chi connectivity index (χ4v) is 1.80. The normalized spacial score (nSPS) is 10.9. The maximum Gasteiger partial charge on any atom is 0.214 e. The van der Waals surface area contributed by atoms with Gasteiger partial charge >= 0.3 is 0 Å². The molecule has 0 saturated heterocycles. The standard InChI is InChI=1S/C13H17NO3S/c1-11(2)18(15,16)14-10-6-8-12-7-4-5-9-13(12)17-3/h4-5,7,9,11,14H,10H2,1-3H3. The third-order valence-electron chi connectivity index (χ3n) is 2.31. The average molecular weight is 267 g/mol. The van der Waals surface area contributed by atoms with E-state index in [-0.39, 0.29) is 6.54 Å². The van der Waals surface area contributed by atoms with Gasteiger partial charge in [0, 0.05) is 0 Å². The lowest BCUT2D eigenvalue weighted by Gasteiger charge is -2.06. The Kier molecular flexibility index (Phi) is 5.20. The van der Waals surface area contributed by atoms with Gasteiger partial charge < -0.3 is 4.74 Å². The molecule has 0 fully saturated rings. The second-order valence-corrected chi connectivity index (χ2v) is 6.24.